The Balaban J connectivity index is 2.55. The van der Waals surface area contributed by atoms with Crippen molar-refractivity contribution < 1.29 is 0 Å². The average Bonchev–Trinajstić information content (AvgIpc) is 2.40. The SMILES string of the molecule is C=CCCCN(C)c1ncc(CNCC(C)C)c(C)n1. The lowest BCUT2D eigenvalue weighted by atomic mass is 10.2. The smallest absolute Gasteiger partial charge is 0.225 e. The second-order valence-electron chi connectivity index (χ2n) is 5.66. The highest BCUT2D eigenvalue weighted by Gasteiger charge is 2.07. The molecule has 0 aliphatic carbocycles. The van der Waals surface area contributed by atoms with Gasteiger partial charge in [0.2, 0.25) is 5.95 Å². The molecule has 0 saturated heterocycles. The number of aromatic nitrogens is 2. The molecule has 0 radical (unpaired) electrons. The van der Waals surface area contributed by atoms with Crippen molar-refractivity contribution in [1.29, 1.82) is 0 Å². The molecule has 4 heteroatoms. The summed E-state index contributed by atoms with van der Waals surface area (Å²) in [4.78, 5) is 11.2. The van der Waals surface area contributed by atoms with Gasteiger partial charge in [-0.1, -0.05) is 19.9 Å². The van der Waals surface area contributed by atoms with E-state index in [0.717, 1.165) is 44.1 Å². The third-order valence-corrected chi connectivity index (χ3v) is 3.18. The monoisotopic (exact) mass is 276 g/mol. The highest BCUT2D eigenvalue weighted by Crippen LogP contribution is 2.11. The van der Waals surface area contributed by atoms with Gasteiger partial charge in [0.15, 0.2) is 0 Å². The van der Waals surface area contributed by atoms with Crippen LogP contribution in [-0.2, 0) is 6.54 Å². The van der Waals surface area contributed by atoms with E-state index in [1.807, 2.05) is 19.3 Å². The molecule has 0 saturated carbocycles. The summed E-state index contributed by atoms with van der Waals surface area (Å²) in [7, 11) is 2.04. The maximum atomic E-state index is 4.60. The van der Waals surface area contributed by atoms with Crippen LogP contribution in [-0.4, -0.2) is 30.1 Å². The molecule has 112 valence electrons. The second kappa shape index (κ2) is 8.69. The van der Waals surface area contributed by atoms with Gasteiger partial charge in [-0.15, -0.1) is 6.58 Å². The van der Waals surface area contributed by atoms with Gasteiger partial charge in [0, 0.05) is 37.6 Å². The van der Waals surface area contributed by atoms with Crippen molar-refractivity contribution >= 4 is 5.95 Å². The van der Waals surface area contributed by atoms with Crippen LogP contribution in [0, 0.1) is 12.8 Å². The summed E-state index contributed by atoms with van der Waals surface area (Å²) in [6, 6.07) is 0. The number of rotatable bonds is 9. The van der Waals surface area contributed by atoms with Crippen LogP contribution in [0.2, 0.25) is 0 Å². The van der Waals surface area contributed by atoms with Crippen molar-refractivity contribution in [3.8, 4) is 0 Å². The third-order valence-electron chi connectivity index (χ3n) is 3.18. The first kappa shape index (κ1) is 16.6. The molecule has 0 unspecified atom stereocenters. The van der Waals surface area contributed by atoms with E-state index in [-0.39, 0.29) is 0 Å². The highest BCUT2D eigenvalue weighted by atomic mass is 15.2. The molecular weight excluding hydrogens is 248 g/mol. The van der Waals surface area contributed by atoms with Crippen molar-refractivity contribution in [2.24, 2.45) is 5.92 Å². The Morgan fingerprint density at radius 2 is 2.20 bits per heavy atom. The predicted octanol–water partition coefficient (Wildman–Crippen LogP) is 2.93. The molecule has 0 bridgehead atoms. The highest BCUT2D eigenvalue weighted by molar-refractivity contribution is 5.31. The Morgan fingerprint density at radius 3 is 2.80 bits per heavy atom. The van der Waals surface area contributed by atoms with Crippen LogP contribution in [0.1, 0.15) is 37.9 Å². The zero-order valence-electron chi connectivity index (χ0n) is 13.3. The van der Waals surface area contributed by atoms with Gasteiger partial charge in [-0.2, -0.15) is 0 Å². The summed E-state index contributed by atoms with van der Waals surface area (Å²) in [5.74, 6) is 1.46. The first-order chi connectivity index (χ1) is 9.54. The summed E-state index contributed by atoms with van der Waals surface area (Å²) in [6.45, 7) is 13.0. The summed E-state index contributed by atoms with van der Waals surface area (Å²) in [6.07, 6.45) is 6.00. The normalized spacial score (nSPS) is 10.8. The summed E-state index contributed by atoms with van der Waals surface area (Å²) in [5, 5.41) is 3.43. The number of nitrogens with one attached hydrogen (secondary N) is 1. The summed E-state index contributed by atoms with van der Waals surface area (Å²) in [5.41, 5.74) is 2.23. The Labute approximate surface area is 123 Å². The van der Waals surface area contributed by atoms with Crippen molar-refractivity contribution in [3.63, 3.8) is 0 Å². The molecular formula is C16H28N4. The van der Waals surface area contributed by atoms with Gasteiger partial charge in [0.1, 0.15) is 0 Å². The lowest BCUT2D eigenvalue weighted by Gasteiger charge is -2.18. The molecule has 0 amide bonds. The lowest BCUT2D eigenvalue weighted by molar-refractivity contribution is 0.550. The van der Waals surface area contributed by atoms with Crippen molar-refractivity contribution in [1.82, 2.24) is 15.3 Å². The van der Waals surface area contributed by atoms with Crippen LogP contribution in [0.3, 0.4) is 0 Å². The van der Waals surface area contributed by atoms with E-state index in [9.17, 15) is 0 Å². The van der Waals surface area contributed by atoms with E-state index in [1.165, 1.54) is 5.56 Å². The van der Waals surface area contributed by atoms with Crippen molar-refractivity contribution in [3.05, 3.63) is 30.1 Å². The number of anilines is 1. The van der Waals surface area contributed by atoms with E-state index >= 15 is 0 Å². The van der Waals surface area contributed by atoms with Gasteiger partial charge in [0.25, 0.3) is 0 Å². The third kappa shape index (κ3) is 5.70. The second-order valence-corrected chi connectivity index (χ2v) is 5.66. The maximum Gasteiger partial charge on any atom is 0.225 e. The van der Waals surface area contributed by atoms with Gasteiger partial charge in [-0.3, -0.25) is 0 Å². The van der Waals surface area contributed by atoms with Crippen LogP contribution in [0.4, 0.5) is 5.95 Å². The zero-order chi connectivity index (χ0) is 15.0. The quantitative estimate of drug-likeness (QED) is 0.556. The molecule has 0 aliphatic heterocycles. The van der Waals surface area contributed by atoms with E-state index in [2.05, 4.69) is 47.5 Å². The summed E-state index contributed by atoms with van der Waals surface area (Å²) >= 11 is 0. The first-order valence-electron chi connectivity index (χ1n) is 7.39. The van der Waals surface area contributed by atoms with E-state index in [1.54, 1.807) is 0 Å². The molecule has 1 rings (SSSR count). The summed E-state index contributed by atoms with van der Waals surface area (Å²) < 4.78 is 0. The number of aryl methyl sites for hydroxylation is 1. The minimum Gasteiger partial charge on any atom is -0.344 e. The predicted molar refractivity (Wildman–Crippen MR) is 86.0 cm³/mol. The fraction of sp³-hybridized carbons (Fsp3) is 0.625. The number of hydrogen-bond acceptors (Lipinski definition) is 4. The van der Waals surface area contributed by atoms with Crippen LogP contribution >= 0.6 is 0 Å². The number of allylic oxidation sites excluding steroid dienone is 1. The average molecular weight is 276 g/mol. The minimum atomic E-state index is 0.659. The Morgan fingerprint density at radius 1 is 1.45 bits per heavy atom. The van der Waals surface area contributed by atoms with Gasteiger partial charge in [-0.05, 0) is 32.2 Å². The van der Waals surface area contributed by atoms with Crippen LogP contribution in [0.15, 0.2) is 18.9 Å². The van der Waals surface area contributed by atoms with Crippen LogP contribution < -0.4 is 10.2 Å². The van der Waals surface area contributed by atoms with E-state index in [4.69, 9.17) is 0 Å². The van der Waals surface area contributed by atoms with Crippen molar-refractivity contribution in [2.75, 3.05) is 25.0 Å². The Hall–Kier alpha value is -1.42. The van der Waals surface area contributed by atoms with Gasteiger partial charge in [-0.25, -0.2) is 9.97 Å². The Bertz CT molecular complexity index is 415. The maximum absolute atomic E-state index is 4.60. The fourth-order valence-corrected chi connectivity index (χ4v) is 1.91. The largest absolute Gasteiger partial charge is 0.344 e. The molecule has 1 heterocycles. The zero-order valence-corrected chi connectivity index (χ0v) is 13.3. The van der Waals surface area contributed by atoms with Gasteiger partial charge >= 0.3 is 0 Å². The Kier molecular flexibility index (Phi) is 7.23. The molecule has 1 aromatic rings. The van der Waals surface area contributed by atoms with Crippen molar-refractivity contribution in [2.45, 2.75) is 40.2 Å². The molecule has 4 nitrogen and oxygen atoms in total. The molecule has 0 aliphatic rings. The minimum absolute atomic E-state index is 0.659. The number of unbranched alkanes of at least 4 members (excludes halogenated alkanes) is 1. The topological polar surface area (TPSA) is 41.1 Å². The standard InChI is InChI=1S/C16H28N4/c1-6-7-8-9-20(5)16-18-12-15(14(4)19-16)11-17-10-13(2)3/h6,12-13,17H,1,7-11H2,2-5H3. The molecule has 1 N–H and O–H groups in total. The first-order valence-corrected chi connectivity index (χ1v) is 7.39. The molecule has 0 fully saturated rings. The van der Waals surface area contributed by atoms with E-state index < -0.39 is 0 Å². The molecule has 0 aromatic carbocycles. The fourth-order valence-electron chi connectivity index (χ4n) is 1.91. The van der Waals surface area contributed by atoms with Gasteiger partial charge in [0.05, 0.1) is 0 Å². The molecule has 20 heavy (non-hydrogen) atoms. The number of nitrogens with zero attached hydrogens (tertiary/aromatic N) is 3. The molecule has 0 spiro atoms. The molecule has 1 aromatic heterocycles. The lowest BCUT2D eigenvalue weighted by Crippen LogP contribution is -2.23. The van der Waals surface area contributed by atoms with Crippen LogP contribution in [0.5, 0.6) is 0 Å². The molecule has 0 atom stereocenters. The van der Waals surface area contributed by atoms with E-state index in [0.29, 0.717) is 5.92 Å². The number of hydrogen-bond donors (Lipinski definition) is 1. The van der Waals surface area contributed by atoms with Gasteiger partial charge < -0.3 is 10.2 Å². The van der Waals surface area contributed by atoms with Crippen LogP contribution in [0.25, 0.3) is 0 Å².